The van der Waals surface area contributed by atoms with Gasteiger partial charge in [0.25, 0.3) is 0 Å². The minimum Gasteiger partial charge on any atom is -0.294 e. The van der Waals surface area contributed by atoms with Crippen LogP contribution in [-0.2, 0) is 0 Å². The van der Waals surface area contributed by atoms with Gasteiger partial charge in [-0.2, -0.15) is 0 Å². The third-order valence-electron chi connectivity index (χ3n) is 4.19. The molecule has 0 N–H and O–H groups in total. The Hall–Kier alpha value is -1.18. The van der Waals surface area contributed by atoms with Crippen LogP contribution in [0.2, 0.25) is 0 Å². The summed E-state index contributed by atoms with van der Waals surface area (Å²) in [6.45, 7) is 4.50. The molecule has 0 unspecified atom stereocenters. The maximum Gasteiger partial charge on any atom is 0.166 e. The summed E-state index contributed by atoms with van der Waals surface area (Å²) in [7, 11) is 0. The SMILES string of the molecule is CC(C)C1CCC(C(=O)c2cccc(F)c2)CC1. The van der Waals surface area contributed by atoms with E-state index in [1.54, 1.807) is 12.1 Å². The Balaban J connectivity index is 1.99. The monoisotopic (exact) mass is 248 g/mol. The van der Waals surface area contributed by atoms with Crippen molar-refractivity contribution in [1.82, 2.24) is 0 Å². The van der Waals surface area contributed by atoms with Crippen molar-refractivity contribution < 1.29 is 9.18 Å². The molecule has 0 bridgehead atoms. The summed E-state index contributed by atoms with van der Waals surface area (Å²) < 4.78 is 13.1. The average molecular weight is 248 g/mol. The highest BCUT2D eigenvalue weighted by atomic mass is 19.1. The summed E-state index contributed by atoms with van der Waals surface area (Å²) in [5.74, 6) is 1.35. The van der Waals surface area contributed by atoms with Crippen LogP contribution in [0.1, 0.15) is 49.9 Å². The van der Waals surface area contributed by atoms with Crippen LogP contribution < -0.4 is 0 Å². The molecule has 0 aliphatic heterocycles. The molecule has 1 nitrogen and oxygen atoms in total. The first-order valence-corrected chi connectivity index (χ1v) is 6.87. The number of rotatable bonds is 3. The van der Waals surface area contributed by atoms with Crippen molar-refractivity contribution >= 4 is 5.78 Å². The van der Waals surface area contributed by atoms with Gasteiger partial charge in [-0.1, -0.05) is 26.0 Å². The van der Waals surface area contributed by atoms with Crippen LogP contribution in [-0.4, -0.2) is 5.78 Å². The molecule has 2 rings (SSSR count). The van der Waals surface area contributed by atoms with Crippen molar-refractivity contribution in [1.29, 1.82) is 0 Å². The topological polar surface area (TPSA) is 17.1 Å². The van der Waals surface area contributed by atoms with E-state index in [1.165, 1.54) is 12.1 Å². The van der Waals surface area contributed by atoms with Crippen molar-refractivity contribution in [2.75, 3.05) is 0 Å². The first-order chi connectivity index (χ1) is 8.58. The normalized spacial score (nSPS) is 24.2. The van der Waals surface area contributed by atoms with Crippen molar-refractivity contribution in [2.24, 2.45) is 17.8 Å². The standard InChI is InChI=1S/C16H21FO/c1-11(2)12-6-8-13(9-7-12)16(18)14-4-3-5-15(17)10-14/h3-5,10-13H,6-9H2,1-2H3. The molecule has 1 aliphatic carbocycles. The average Bonchev–Trinajstić information content (AvgIpc) is 2.38. The lowest BCUT2D eigenvalue weighted by atomic mass is 9.75. The molecule has 0 radical (unpaired) electrons. The van der Waals surface area contributed by atoms with Crippen molar-refractivity contribution in [3.05, 3.63) is 35.6 Å². The molecule has 0 heterocycles. The molecule has 1 saturated carbocycles. The quantitative estimate of drug-likeness (QED) is 0.721. The van der Waals surface area contributed by atoms with Crippen molar-refractivity contribution in [3.8, 4) is 0 Å². The molecule has 18 heavy (non-hydrogen) atoms. The Kier molecular flexibility index (Phi) is 4.15. The second-order valence-corrected chi connectivity index (χ2v) is 5.73. The van der Waals surface area contributed by atoms with E-state index >= 15 is 0 Å². The molecule has 1 aromatic carbocycles. The zero-order valence-electron chi connectivity index (χ0n) is 11.2. The highest BCUT2D eigenvalue weighted by Crippen LogP contribution is 2.34. The van der Waals surface area contributed by atoms with E-state index in [0.717, 1.165) is 31.6 Å². The Bertz CT molecular complexity index is 417. The minimum absolute atomic E-state index is 0.0989. The number of hydrogen-bond acceptors (Lipinski definition) is 1. The van der Waals surface area contributed by atoms with Crippen molar-refractivity contribution in [2.45, 2.75) is 39.5 Å². The lowest BCUT2D eigenvalue weighted by Crippen LogP contribution is -2.24. The van der Waals surface area contributed by atoms with Gasteiger partial charge in [0, 0.05) is 11.5 Å². The predicted octanol–water partition coefficient (Wildman–Crippen LogP) is 4.47. The van der Waals surface area contributed by atoms with Crippen molar-refractivity contribution in [3.63, 3.8) is 0 Å². The summed E-state index contributed by atoms with van der Waals surface area (Å²) in [5, 5.41) is 0. The highest BCUT2D eigenvalue weighted by molar-refractivity contribution is 5.97. The van der Waals surface area contributed by atoms with Crippen LogP contribution in [0.3, 0.4) is 0 Å². The van der Waals surface area contributed by atoms with Crippen LogP contribution in [0, 0.1) is 23.6 Å². The largest absolute Gasteiger partial charge is 0.294 e. The first kappa shape index (κ1) is 13.3. The molecule has 2 heteroatoms. The van der Waals surface area contributed by atoms with E-state index in [-0.39, 0.29) is 17.5 Å². The Morgan fingerprint density at radius 1 is 1.22 bits per heavy atom. The van der Waals surface area contributed by atoms with Gasteiger partial charge in [0.2, 0.25) is 0 Å². The molecule has 98 valence electrons. The molecular formula is C16H21FO. The molecule has 0 saturated heterocycles. The number of halogens is 1. The third kappa shape index (κ3) is 2.98. The molecule has 0 aromatic heterocycles. The number of Topliss-reactive ketones (excluding diaryl/α,β-unsaturated/α-hetero) is 1. The predicted molar refractivity (Wildman–Crippen MR) is 71.0 cm³/mol. The second kappa shape index (κ2) is 5.64. The fourth-order valence-corrected chi connectivity index (χ4v) is 2.93. The maximum absolute atomic E-state index is 13.1. The smallest absolute Gasteiger partial charge is 0.166 e. The molecule has 1 aliphatic rings. The highest BCUT2D eigenvalue weighted by Gasteiger charge is 2.28. The molecular weight excluding hydrogens is 227 g/mol. The summed E-state index contributed by atoms with van der Waals surface area (Å²) >= 11 is 0. The zero-order chi connectivity index (χ0) is 13.1. The van der Waals surface area contributed by atoms with Gasteiger partial charge in [-0.15, -0.1) is 0 Å². The summed E-state index contributed by atoms with van der Waals surface area (Å²) in [6.07, 6.45) is 4.17. The van der Waals surface area contributed by atoms with E-state index in [4.69, 9.17) is 0 Å². The van der Waals surface area contributed by atoms with Crippen LogP contribution in [0.5, 0.6) is 0 Å². The minimum atomic E-state index is -0.322. The van der Waals surface area contributed by atoms with Gasteiger partial charge in [0.1, 0.15) is 5.82 Å². The Labute approximate surface area is 108 Å². The van der Waals surface area contributed by atoms with E-state index in [0.29, 0.717) is 11.5 Å². The second-order valence-electron chi connectivity index (χ2n) is 5.73. The fraction of sp³-hybridized carbons (Fsp3) is 0.562. The van der Waals surface area contributed by atoms with Crippen LogP contribution in [0.15, 0.2) is 24.3 Å². The first-order valence-electron chi connectivity index (χ1n) is 6.87. The summed E-state index contributed by atoms with van der Waals surface area (Å²) in [5.41, 5.74) is 0.531. The Morgan fingerprint density at radius 2 is 1.89 bits per heavy atom. The van der Waals surface area contributed by atoms with Gasteiger partial charge >= 0.3 is 0 Å². The molecule has 0 spiro atoms. The van der Waals surface area contributed by atoms with Crippen LogP contribution in [0.4, 0.5) is 4.39 Å². The lowest BCUT2D eigenvalue weighted by molar-refractivity contribution is 0.0858. The number of carbonyl (C=O) groups excluding carboxylic acids is 1. The van der Waals surface area contributed by atoms with Gasteiger partial charge in [-0.05, 0) is 49.7 Å². The van der Waals surface area contributed by atoms with E-state index < -0.39 is 0 Å². The van der Waals surface area contributed by atoms with Gasteiger partial charge in [0.05, 0.1) is 0 Å². The number of benzene rings is 1. The Morgan fingerprint density at radius 3 is 2.44 bits per heavy atom. The summed E-state index contributed by atoms with van der Waals surface area (Å²) in [4.78, 5) is 12.3. The lowest BCUT2D eigenvalue weighted by Gasteiger charge is -2.30. The van der Waals surface area contributed by atoms with Gasteiger partial charge < -0.3 is 0 Å². The molecule has 1 aromatic rings. The summed E-state index contributed by atoms with van der Waals surface area (Å²) in [6, 6.07) is 6.07. The zero-order valence-corrected chi connectivity index (χ0v) is 11.2. The van der Waals surface area contributed by atoms with E-state index in [9.17, 15) is 9.18 Å². The van der Waals surface area contributed by atoms with Gasteiger partial charge in [-0.25, -0.2) is 4.39 Å². The van der Waals surface area contributed by atoms with Crippen LogP contribution in [0.25, 0.3) is 0 Å². The molecule has 0 amide bonds. The number of hydrogen-bond donors (Lipinski definition) is 0. The fourth-order valence-electron chi connectivity index (χ4n) is 2.93. The van der Waals surface area contributed by atoms with E-state index in [1.807, 2.05) is 0 Å². The molecule has 0 atom stereocenters. The van der Waals surface area contributed by atoms with Crippen LogP contribution >= 0.6 is 0 Å². The number of carbonyl (C=O) groups is 1. The number of ketones is 1. The van der Waals surface area contributed by atoms with Gasteiger partial charge in [0.15, 0.2) is 5.78 Å². The third-order valence-corrected chi connectivity index (χ3v) is 4.19. The maximum atomic E-state index is 13.1. The molecule has 1 fully saturated rings. The van der Waals surface area contributed by atoms with Gasteiger partial charge in [-0.3, -0.25) is 4.79 Å². The van der Waals surface area contributed by atoms with E-state index in [2.05, 4.69) is 13.8 Å².